The molecule has 2 aliphatic rings. The standard InChI is InChI=1S/C21H30O5/c1-7-11(2)20(23)26-15-9-8-14-17(24-6)18-16(12(3)10-25-18)19(22)21(14,5)13(15)4/h7,10,13-15,17,19,22H,8-9H2,1-6H3. The average Bonchev–Trinajstić information content (AvgIpc) is 3.01. The van der Waals surface area contributed by atoms with Crippen molar-refractivity contribution in [1.82, 2.24) is 0 Å². The van der Waals surface area contributed by atoms with Crippen molar-refractivity contribution in [2.45, 2.75) is 65.8 Å². The van der Waals surface area contributed by atoms with Gasteiger partial charge in [0.15, 0.2) is 0 Å². The summed E-state index contributed by atoms with van der Waals surface area (Å²) < 4.78 is 17.4. The van der Waals surface area contributed by atoms with Crippen molar-refractivity contribution >= 4 is 5.97 Å². The summed E-state index contributed by atoms with van der Waals surface area (Å²) in [5, 5.41) is 11.3. The largest absolute Gasteiger partial charge is 0.466 e. The van der Waals surface area contributed by atoms with Crippen LogP contribution in [0.5, 0.6) is 0 Å². The summed E-state index contributed by atoms with van der Waals surface area (Å²) in [5.41, 5.74) is 1.91. The van der Waals surface area contributed by atoms with Gasteiger partial charge < -0.3 is 19.0 Å². The van der Waals surface area contributed by atoms with Gasteiger partial charge >= 0.3 is 5.97 Å². The van der Waals surface area contributed by atoms with Crippen molar-refractivity contribution in [1.29, 1.82) is 0 Å². The zero-order valence-electron chi connectivity index (χ0n) is 16.5. The van der Waals surface area contributed by atoms with E-state index in [4.69, 9.17) is 13.9 Å². The molecule has 0 aliphatic heterocycles. The van der Waals surface area contributed by atoms with Crippen LogP contribution in [0.25, 0.3) is 0 Å². The lowest BCUT2D eigenvalue weighted by molar-refractivity contribution is -0.187. The molecule has 0 radical (unpaired) electrons. The van der Waals surface area contributed by atoms with E-state index < -0.39 is 11.5 Å². The van der Waals surface area contributed by atoms with E-state index in [1.807, 2.05) is 13.8 Å². The second kappa shape index (κ2) is 6.86. The van der Waals surface area contributed by atoms with E-state index in [9.17, 15) is 9.90 Å². The molecule has 3 rings (SSSR count). The summed E-state index contributed by atoms with van der Waals surface area (Å²) in [6.07, 6.45) is 3.93. The van der Waals surface area contributed by atoms with Gasteiger partial charge in [0.05, 0.1) is 12.4 Å². The molecule has 0 saturated heterocycles. The smallest absolute Gasteiger partial charge is 0.333 e. The number of rotatable bonds is 3. The number of aryl methyl sites for hydroxylation is 1. The summed E-state index contributed by atoms with van der Waals surface area (Å²) >= 11 is 0. The van der Waals surface area contributed by atoms with Gasteiger partial charge in [0.2, 0.25) is 0 Å². The molecule has 26 heavy (non-hydrogen) atoms. The molecule has 0 bridgehead atoms. The van der Waals surface area contributed by atoms with Crippen molar-refractivity contribution in [2.24, 2.45) is 17.3 Å². The molecule has 6 atom stereocenters. The average molecular weight is 362 g/mol. The summed E-state index contributed by atoms with van der Waals surface area (Å²) in [6.45, 7) is 9.71. The van der Waals surface area contributed by atoms with E-state index in [0.29, 0.717) is 5.57 Å². The number of aliphatic hydroxyl groups is 1. The lowest BCUT2D eigenvalue weighted by atomic mass is 9.52. The number of furan rings is 1. The molecule has 1 aromatic heterocycles. The van der Waals surface area contributed by atoms with Crippen LogP contribution in [0, 0.1) is 24.2 Å². The number of aliphatic hydroxyl groups excluding tert-OH is 1. The molecule has 5 nitrogen and oxygen atoms in total. The first-order valence-electron chi connectivity index (χ1n) is 9.39. The maximum Gasteiger partial charge on any atom is 0.333 e. The van der Waals surface area contributed by atoms with Crippen molar-refractivity contribution in [3.63, 3.8) is 0 Å². The number of esters is 1. The highest BCUT2D eigenvalue weighted by Gasteiger charge is 2.59. The molecule has 1 heterocycles. The van der Waals surface area contributed by atoms with Crippen LogP contribution in [0.4, 0.5) is 0 Å². The normalized spacial score (nSPS) is 37.0. The Morgan fingerprint density at radius 1 is 1.42 bits per heavy atom. The van der Waals surface area contributed by atoms with Crippen LogP contribution in [0.3, 0.4) is 0 Å². The second-order valence-corrected chi connectivity index (χ2v) is 8.01. The fraction of sp³-hybridized carbons (Fsp3) is 0.667. The van der Waals surface area contributed by atoms with Gasteiger partial charge in [-0.1, -0.05) is 19.9 Å². The Hall–Kier alpha value is -1.59. The number of methoxy groups -OCH3 is 1. The predicted molar refractivity (Wildman–Crippen MR) is 97.5 cm³/mol. The van der Waals surface area contributed by atoms with E-state index in [1.165, 1.54) is 0 Å². The Morgan fingerprint density at radius 3 is 2.73 bits per heavy atom. The van der Waals surface area contributed by atoms with Gasteiger partial charge in [-0.25, -0.2) is 4.79 Å². The van der Waals surface area contributed by atoms with Crippen LogP contribution in [0.2, 0.25) is 0 Å². The number of carbonyl (C=O) groups excluding carboxylic acids is 1. The van der Waals surface area contributed by atoms with Crippen LogP contribution >= 0.6 is 0 Å². The van der Waals surface area contributed by atoms with Gasteiger partial charge in [0, 0.05) is 35.5 Å². The number of fused-ring (bicyclic) bond motifs is 2. The van der Waals surface area contributed by atoms with Gasteiger partial charge in [-0.15, -0.1) is 0 Å². The predicted octanol–water partition coefficient (Wildman–Crippen LogP) is 4.25. The number of allylic oxidation sites excluding steroid dienone is 1. The SMILES string of the molecule is CC=C(C)C(=O)OC1CCC2C(OC)c3occ(C)c3C(O)C2(C)C1C. The molecule has 1 fully saturated rings. The van der Waals surface area contributed by atoms with Crippen LogP contribution in [-0.4, -0.2) is 24.3 Å². The number of ether oxygens (including phenoxy) is 2. The Labute approximate surface area is 155 Å². The lowest BCUT2D eigenvalue weighted by Crippen LogP contribution is -2.53. The van der Waals surface area contributed by atoms with Crippen LogP contribution in [0.1, 0.15) is 69.6 Å². The molecule has 0 spiro atoms. The number of carbonyl (C=O) groups is 1. The summed E-state index contributed by atoms with van der Waals surface area (Å²) in [6, 6.07) is 0. The topological polar surface area (TPSA) is 68.9 Å². The van der Waals surface area contributed by atoms with E-state index in [-0.39, 0.29) is 30.0 Å². The zero-order chi connectivity index (χ0) is 19.2. The molecule has 1 saturated carbocycles. The minimum absolute atomic E-state index is 0.00930. The van der Waals surface area contributed by atoms with E-state index >= 15 is 0 Å². The summed E-state index contributed by atoms with van der Waals surface area (Å²) in [7, 11) is 1.69. The van der Waals surface area contributed by atoms with Crippen LogP contribution < -0.4 is 0 Å². The molecular formula is C21H30O5. The first-order chi connectivity index (χ1) is 12.3. The number of hydrogen-bond acceptors (Lipinski definition) is 5. The van der Waals surface area contributed by atoms with Gasteiger partial charge in [-0.3, -0.25) is 0 Å². The highest BCUT2D eigenvalue weighted by Crippen LogP contribution is 2.62. The molecule has 1 N–H and O–H groups in total. The third kappa shape index (κ3) is 2.64. The molecule has 2 aliphatic carbocycles. The maximum atomic E-state index is 12.3. The first-order valence-corrected chi connectivity index (χ1v) is 9.39. The lowest BCUT2D eigenvalue weighted by Gasteiger charge is -2.55. The molecule has 0 amide bonds. The quantitative estimate of drug-likeness (QED) is 0.643. The van der Waals surface area contributed by atoms with Gasteiger partial charge in [-0.2, -0.15) is 0 Å². The molecule has 0 aromatic carbocycles. The van der Waals surface area contributed by atoms with Crippen molar-refractivity contribution in [2.75, 3.05) is 7.11 Å². The van der Waals surface area contributed by atoms with Crippen molar-refractivity contribution in [3.05, 3.63) is 34.8 Å². The fourth-order valence-corrected chi connectivity index (χ4v) is 4.89. The molecule has 144 valence electrons. The summed E-state index contributed by atoms with van der Waals surface area (Å²) in [4.78, 5) is 12.3. The van der Waals surface area contributed by atoms with Crippen molar-refractivity contribution < 1.29 is 23.8 Å². The van der Waals surface area contributed by atoms with Crippen LogP contribution in [0.15, 0.2) is 22.3 Å². The Kier molecular flexibility index (Phi) is 5.06. The highest BCUT2D eigenvalue weighted by molar-refractivity contribution is 5.87. The van der Waals surface area contributed by atoms with Gasteiger partial charge in [0.25, 0.3) is 0 Å². The summed E-state index contributed by atoms with van der Waals surface area (Å²) in [5.74, 6) is 0.561. The first kappa shape index (κ1) is 19.2. The van der Waals surface area contributed by atoms with Gasteiger partial charge in [-0.05, 0) is 39.2 Å². The van der Waals surface area contributed by atoms with Crippen molar-refractivity contribution in [3.8, 4) is 0 Å². The third-order valence-electron chi connectivity index (χ3n) is 6.91. The maximum absolute atomic E-state index is 12.3. The molecule has 1 aromatic rings. The Bertz CT molecular complexity index is 718. The monoisotopic (exact) mass is 362 g/mol. The Morgan fingerprint density at radius 2 is 2.12 bits per heavy atom. The van der Waals surface area contributed by atoms with Gasteiger partial charge in [0.1, 0.15) is 18.0 Å². The molecule has 5 heteroatoms. The third-order valence-corrected chi connectivity index (χ3v) is 6.91. The minimum Gasteiger partial charge on any atom is -0.466 e. The fourth-order valence-electron chi connectivity index (χ4n) is 4.89. The molecule has 6 unspecified atom stereocenters. The second-order valence-electron chi connectivity index (χ2n) is 8.01. The molecular weight excluding hydrogens is 332 g/mol. The number of hydrogen-bond donors (Lipinski definition) is 1. The van der Waals surface area contributed by atoms with Crippen LogP contribution in [-0.2, 0) is 14.3 Å². The minimum atomic E-state index is -0.674. The van der Waals surface area contributed by atoms with E-state index in [1.54, 1.807) is 26.4 Å². The zero-order valence-corrected chi connectivity index (χ0v) is 16.5. The van der Waals surface area contributed by atoms with E-state index in [0.717, 1.165) is 29.7 Å². The van der Waals surface area contributed by atoms with E-state index in [2.05, 4.69) is 13.8 Å². The highest BCUT2D eigenvalue weighted by atomic mass is 16.5. The Balaban J connectivity index is 1.97.